The Kier molecular flexibility index (Phi) is 7.44. The topological polar surface area (TPSA) is 75.7 Å². The van der Waals surface area contributed by atoms with E-state index in [1.165, 1.54) is 37.4 Å². The van der Waals surface area contributed by atoms with Gasteiger partial charge in [-0.1, -0.05) is 25.0 Å². The maximum Gasteiger partial charge on any atom is 0.257 e. The Labute approximate surface area is 177 Å². The van der Waals surface area contributed by atoms with Crippen LogP contribution in [0.15, 0.2) is 47.4 Å². The number of nitrogens with one attached hydrogen (secondary N) is 1. The van der Waals surface area contributed by atoms with Crippen LogP contribution in [0.25, 0.3) is 0 Å². The van der Waals surface area contributed by atoms with Crippen LogP contribution in [0.3, 0.4) is 0 Å². The van der Waals surface area contributed by atoms with E-state index in [4.69, 9.17) is 4.74 Å². The highest BCUT2D eigenvalue weighted by molar-refractivity contribution is 7.89. The van der Waals surface area contributed by atoms with Gasteiger partial charge in [-0.3, -0.25) is 4.79 Å². The van der Waals surface area contributed by atoms with Gasteiger partial charge in [-0.15, -0.1) is 0 Å². The first-order valence-corrected chi connectivity index (χ1v) is 11.6. The van der Waals surface area contributed by atoms with Gasteiger partial charge in [-0.05, 0) is 55.2 Å². The van der Waals surface area contributed by atoms with E-state index >= 15 is 0 Å². The summed E-state index contributed by atoms with van der Waals surface area (Å²) >= 11 is 0. The van der Waals surface area contributed by atoms with Gasteiger partial charge in [0.15, 0.2) is 0 Å². The predicted octanol–water partition coefficient (Wildman–Crippen LogP) is 3.37. The molecule has 0 saturated carbocycles. The summed E-state index contributed by atoms with van der Waals surface area (Å²) in [6.45, 7) is 1.49. The third-order valence-corrected chi connectivity index (χ3v) is 6.68. The van der Waals surface area contributed by atoms with Crippen LogP contribution >= 0.6 is 0 Å². The van der Waals surface area contributed by atoms with Gasteiger partial charge < -0.3 is 9.64 Å². The number of methoxy groups -OCH3 is 1. The van der Waals surface area contributed by atoms with Crippen molar-refractivity contribution in [1.29, 1.82) is 0 Å². The third kappa shape index (κ3) is 5.58. The van der Waals surface area contributed by atoms with Gasteiger partial charge in [0, 0.05) is 19.6 Å². The van der Waals surface area contributed by atoms with E-state index in [1.54, 1.807) is 17.0 Å². The zero-order valence-corrected chi connectivity index (χ0v) is 17.9. The molecular weight excluding hydrogens is 407 g/mol. The van der Waals surface area contributed by atoms with Gasteiger partial charge in [-0.25, -0.2) is 17.5 Å². The quantitative estimate of drug-likeness (QED) is 0.725. The summed E-state index contributed by atoms with van der Waals surface area (Å²) in [5.41, 5.74) is 1.08. The van der Waals surface area contributed by atoms with Crippen LogP contribution in [-0.4, -0.2) is 46.0 Å². The molecule has 2 aromatic rings. The second-order valence-corrected chi connectivity index (χ2v) is 9.11. The van der Waals surface area contributed by atoms with Crippen molar-refractivity contribution in [2.75, 3.05) is 26.7 Å². The molecule has 2 aromatic carbocycles. The van der Waals surface area contributed by atoms with E-state index in [0.29, 0.717) is 25.3 Å². The number of carbonyl (C=O) groups is 1. The lowest BCUT2D eigenvalue weighted by atomic mass is 10.1. The van der Waals surface area contributed by atoms with E-state index in [2.05, 4.69) is 4.72 Å². The molecule has 0 radical (unpaired) electrons. The number of amides is 1. The summed E-state index contributed by atoms with van der Waals surface area (Å²) in [7, 11) is -2.35. The Bertz CT molecular complexity index is 969. The molecule has 0 aromatic heterocycles. The molecule has 0 spiro atoms. The first-order chi connectivity index (χ1) is 14.4. The average Bonchev–Trinajstić information content (AvgIpc) is 3.03. The maximum absolute atomic E-state index is 13.0. The summed E-state index contributed by atoms with van der Waals surface area (Å²) in [5, 5.41) is 0. The Balaban J connectivity index is 1.74. The second kappa shape index (κ2) is 10.0. The van der Waals surface area contributed by atoms with Crippen molar-refractivity contribution < 1.29 is 22.3 Å². The normalized spacial score (nSPS) is 14.9. The number of benzene rings is 2. The Morgan fingerprint density at radius 2 is 1.73 bits per heavy atom. The molecule has 6 nitrogen and oxygen atoms in total. The van der Waals surface area contributed by atoms with Gasteiger partial charge >= 0.3 is 0 Å². The van der Waals surface area contributed by atoms with Crippen molar-refractivity contribution in [2.45, 2.75) is 37.0 Å². The van der Waals surface area contributed by atoms with E-state index < -0.39 is 10.0 Å². The highest BCUT2D eigenvalue weighted by Gasteiger charge is 2.24. The minimum atomic E-state index is -3.81. The number of carbonyl (C=O) groups excluding carboxylic acids is 1. The number of rotatable bonds is 7. The lowest BCUT2D eigenvalue weighted by Gasteiger charge is -2.22. The monoisotopic (exact) mass is 434 g/mol. The summed E-state index contributed by atoms with van der Waals surface area (Å²) in [4.78, 5) is 14.8. The number of likely N-dealkylation sites (tertiary alicyclic amines) is 1. The van der Waals surface area contributed by atoms with Crippen molar-refractivity contribution >= 4 is 15.9 Å². The molecule has 3 rings (SSSR count). The molecule has 1 amide bonds. The first kappa shape index (κ1) is 22.2. The van der Waals surface area contributed by atoms with E-state index in [-0.39, 0.29) is 28.7 Å². The van der Waals surface area contributed by atoms with E-state index in [0.717, 1.165) is 31.2 Å². The SMILES string of the molecule is COc1ccc(S(=O)(=O)NCCc2ccc(F)cc2)cc1C(=O)N1CCCCCC1. The molecule has 162 valence electrons. The molecule has 1 aliphatic rings. The first-order valence-electron chi connectivity index (χ1n) is 10.1. The van der Waals surface area contributed by atoms with Gasteiger partial charge in [0.05, 0.1) is 17.6 Å². The van der Waals surface area contributed by atoms with E-state index in [1.807, 2.05) is 0 Å². The summed E-state index contributed by atoms with van der Waals surface area (Å²) in [5.74, 6) is -0.189. The molecule has 8 heteroatoms. The smallest absolute Gasteiger partial charge is 0.257 e. The number of hydrogen-bond donors (Lipinski definition) is 1. The molecule has 0 atom stereocenters. The molecule has 1 heterocycles. The average molecular weight is 435 g/mol. The molecule has 0 unspecified atom stereocenters. The summed E-state index contributed by atoms with van der Waals surface area (Å²) in [6.07, 6.45) is 4.49. The Hall–Kier alpha value is -2.45. The fraction of sp³-hybridized carbons (Fsp3) is 0.409. The molecule has 1 aliphatic heterocycles. The maximum atomic E-state index is 13.0. The Morgan fingerprint density at radius 1 is 1.07 bits per heavy atom. The van der Waals surface area contributed by atoms with Gasteiger partial charge in [-0.2, -0.15) is 0 Å². The summed E-state index contributed by atoms with van der Waals surface area (Å²) in [6, 6.07) is 10.2. The molecule has 30 heavy (non-hydrogen) atoms. The minimum absolute atomic E-state index is 0.0144. The van der Waals surface area contributed by atoms with Crippen molar-refractivity contribution in [3.63, 3.8) is 0 Å². The third-order valence-electron chi connectivity index (χ3n) is 5.22. The minimum Gasteiger partial charge on any atom is -0.496 e. The Morgan fingerprint density at radius 3 is 2.37 bits per heavy atom. The van der Waals surface area contributed by atoms with Crippen LogP contribution in [0.5, 0.6) is 5.75 Å². The number of nitrogens with zero attached hydrogens (tertiary/aromatic N) is 1. The highest BCUT2D eigenvalue weighted by Crippen LogP contribution is 2.25. The molecule has 1 N–H and O–H groups in total. The lowest BCUT2D eigenvalue weighted by Crippen LogP contribution is -2.32. The fourth-order valence-electron chi connectivity index (χ4n) is 3.53. The number of ether oxygens (including phenoxy) is 1. The molecule has 1 saturated heterocycles. The zero-order chi connectivity index (χ0) is 21.6. The molecule has 0 bridgehead atoms. The van der Waals surface area contributed by atoms with Crippen LogP contribution < -0.4 is 9.46 Å². The number of halogens is 1. The molecular formula is C22H27FN2O4S. The van der Waals surface area contributed by atoms with Gasteiger partial charge in [0.2, 0.25) is 10.0 Å². The van der Waals surface area contributed by atoms with Gasteiger partial charge in [0.1, 0.15) is 11.6 Å². The second-order valence-electron chi connectivity index (χ2n) is 7.34. The molecule has 0 aliphatic carbocycles. The van der Waals surface area contributed by atoms with Crippen molar-refractivity contribution in [2.24, 2.45) is 0 Å². The number of hydrogen-bond acceptors (Lipinski definition) is 4. The van der Waals surface area contributed by atoms with Crippen LogP contribution in [-0.2, 0) is 16.4 Å². The van der Waals surface area contributed by atoms with Crippen LogP contribution in [0.1, 0.15) is 41.6 Å². The zero-order valence-electron chi connectivity index (χ0n) is 17.1. The van der Waals surface area contributed by atoms with Crippen LogP contribution in [0.2, 0.25) is 0 Å². The molecule has 1 fully saturated rings. The number of sulfonamides is 1. The lowest BCUT2D eigenvalue weighted by molar-refractivity contribution is 0.0758. The van der Waals surface area contributed by atoms with Crippen LogP contribution in [0.4, 0.5) is 4.39 Å². The van der Waals surface area contributed by atoms with E-state index in [9.17, 15) is 17.6 Å². The van der Waals surface area contributed by atoms with Gasteiger partial charge in [0.25, 0.3) is 5.91 Å². The highest BCUT2D eigenvalue weighted by atomic mass is 32.2. The van der Waals surface area contributed by atoms with Crippen molar-refractivity contribution in [1.82, 2.24) is 9.62 Å². The van der Waals surface area contributed by atoms with Crippen molar-refractivity contribution in [3.05, 3.63) is 59.4 Å². The predicted molar refractivity (Wildman–Crippen MR) is 113 cm³/mol. The van der Waals surface area contributed by atoms with Crippen molar-refractivity contribution in [3.8, 4) is 5.75 Å². The summed E-state index contributed by atoms with van der Waals surface area (Å²) < 4.78 is 46.3. The fourth-order valence-corrected chi connectivity index (χ4v) is 4.59. The standard InChI is InChI=1S/C22H27FN2O4S/c1-29-21-11-10-19(16-20(21)22(26)25-14-4-2-3-5-15-25)30(27,28)24-13-12-17-6-8-18(23)9-7-17/h6-11,16,24H,2-5,12-15H2,1H3. The largest absolute Gasteiger partial charge is 0.496 e. The van der Waals surface area contributed by atoms with Crippen LogP contribution in [0, 0.1) is 5.82 Å².